The highest BCUT2D eigenvalue weighted by molar-refractivity contribution is 9.10. The summed E-state index contributed by atoms with van der Waals surface area (Å²) in [4.78, 5) is 9.41. The number of benzene rings is 3. The lowest BCUT2D eigenvalue weighted by Crippen LogP contribution is -1.90. The van der Waals surface area contributed by atoms with Crippen LogP contribution in [0.1, 0.15) is 0 Å². The molecule has 0 unspecified atom stereocenters. The van der Waals surface area contributed by atoms with Crippen molar-refractivity contribution < 1.29 is 0 Å². The van der Waals surface area contributed by atoms with Gasteiger partial charge < -0.3 is 0 Å². The van der Waals surface area contributed by atoms with E-state index in [1.54, 1.807) is 0 Å². The highest BCUT2D eigenvalue weighted by Gasteiger charge is 2.08. The molecule has 0 fully saturated rings. The summed E-state index contributed by atoms with van der Waals surface area (Å²) in [7, 11) is 0. The normalized spacial score (nSPS) is 11.1. The summed E-state index contributed by atoms with van der Waals surface area (Å²) < 4.78 is 1.05. The van der Waals surface area contributed by atoms with Crippen LogP contribution in [0.5, 0.6) is 0 Å². The van der Waals surface area contributed by atoms with E-state index in [9.17, 15) is 0 Å². The fraction of sp³-hybridized carbons (Fsp3) is 0. The van der Waals surface area contributed by atoms with Gasteiger partial charge in [0, 0.05) is 15.4 Å². The van der Waals surface area contributed by atoms with Crippen LogP contribution in [0, 0.1) is 0 Å². The van der Waals surface area contributed by atoms with E-state index in [2.05, 4.69) is 45.2 Å². The van der Waals surface area contributed by atoms with Crippen molar-refractivity contribution in [1.29, 1.82) is 0 Å². The van der Waals surface area contributed by atoms with Crippen molar-refractivity contribution in [3.8, 4) is 11.3 Å². The lowest BCUT2D eigenvalue weighted by molar-refractivity contribution is 1.30. The van der Waals surface area contributed by atoms with E-state index < -0.39 is 0 Å². The number of hydrogen-bond acceptors (Lipinski definition) is 2. The zero-order chi connectivity index (χ0) is 14.2. The van der Waals surface area contributed by atoms with Crippen molar-refractivity contribution in [2.75, 3.05) is 0 Å². The molecule has 1 aromatic heterocycles. The summed E-state index contributed by atoms with van der Waals surface area (Å²) in [5.74, 6) is 0. The van der Waals surface area contributed by atoms with Gasteiger partial charge in [-0.05, 0) is 11.5 Å². The first-order valence-corrected chi connectivity index (χ1v) is 7.52. The topological polar surface area (TPSA) is 25.8 Å². The van der Waals surface area contributed by atoms with Crippen LogP contribution in [0.2, 0.25) is 0 Å². The first-order chi connectivity index (χ1) is 10.3. The second kappa shape index (κ2) is 4.93. The SMILES string of the molecule is Brc1cc2ncc(-c3ccccc3)nc2c2ccccc12. The summed E-state index contributed by atoms with van der Waals surface area (Å²) in [6.45, 7) is 0. The maximum Gasteiger partial charge on any atom is 0.0973 e. The molecule has 2 nitrogen and oxygen atoms in total. The molecular formula is C18H11BrN2. The van der Waals surface area contributed by atoms with Crippen LogP contribution in [0.15, 0.2) is 71.3 Å². The Morgan fingerprint density at radius 3 is 2.33 bits per heavy atom. The average Bonchev–Trinajstić information content (AvgIpc) is 2.56. The van der Waals surface area contributed by atoms with Gasteiger partial charge in [0.1, 0.15) is 0 Å². The Kier molecular flexibility index (Phi) is 2.93. The molecule has 0 aliphatic rings. The molecule has 0 aliphatic carbocycles. The minimum Gasteiger partial charge on any atom is -0.252 e. The van der Waals surface area contributed by atoms with Gasteiger partial charge in [0.25, 0.3) is 0 Å². The summed E-state index contributed by atoms with van der Waals surface area (Å²) >= 11 is 3.61. The van der Waals surface area contributed by atoms with Gasteiger partial charge in [-0.1, -0.05) is 70.5 Å². The molecule has 4 rings (SSSR count). The molecule has 0 amide bonds. The molecule has 3 heteroatoms. The molecular weight excluding hydrogens is 324 g/mol. The molecule has 0 atom stereocenters. The zero-order valence-corrected chi connectivity index (χ0v) is 12.7. The van der Waals surface area contributed by atoms with Crippen LogP contribution in [0.3, 0.4) is 0 Å². The molecule has 0 bridgehead atoms. The minimum atomic E-state index is 0.899. The molecule has 4 aromatic rings. The van der Waals surface area contributed by atoms with Gasteiger partial charge in [0.2, 0.25) is 0 Å². The number of hydrogen-bond donors (Lipinski definition) is 0. The maximum atomic E-state index is 4.83. The first-order valence-electron chi connectivity index (χ1n) is 6.72. The van der Waals surface area contributed by atoms with Crippen molar-refractivity contribution in [3.63, 3.8) is 0 Å². The Bertz CT molecular complexity index is 949. The summed E-state index contributed by atoms with van der Waals surface area (Å²) in [5, 5.41) is 2.27. The average molecular weight is 335 g/mol. The zero-order valence-electron chi connectivity index (χ0n) is 11.1. The van der Waals surface area contributed by atoms with Crippen molar-refractivity contribution in [1.82, 2.24) is 9.97 Å². The molecule has 0 N–H and O–H groups in total. The van der Waals surface area contributed by atoms with E-state index in [0.29, 0.717) is 0 Å². The monoisotopic (exact) mass is 334 g/mol. The first kappa shape index (κ1) is 12.5. The number of fused-ring (bicyclic) bond motifs is 3. The second-order valence-electron chi connectivity index (χ2n) is 4.89. The van der Waals surface area contributed by atoms with Crippen LogP contribution in [-0.4, -0.2) is 9.97 Å². The largest absolute Gasteiger partial charge is 0.252 e. The molecule has 0 saturated heterocycles. The Balaban J connectivity index is 2.07. The highest BCUT2D eigenvalue weighted by atomic mass is 79.9. The summed E-state index contributed by atoms with van der Waals surface area (Å²) in [5.41, 5.74) is 3.82. The Morgan fingerprint density at radius 2 is 1.52 bits per heavy atom. The van der Waals surface area contributed by atoms with E-state index in [4.69, 9.17) is 4.98 Å². The predicted octanol–water partition coefficient (Wildman–Crippen LogP) is 5.21. The summed E-state index contributed by atoms with van der Waals surface area (Å²) in [6, 6.07) is 20.4. The van der Waals surface area contributed by atoms with E-state index in [0.717, 1.165) is 37.5 Å². The Labute approximate surface area is 130 Å². The van der Waals surface area contributed by atoms with Gasteiger partial charge in [-0.2, -0.15) is 0 Å². The van der Waals surface area contributed by atoms with E-state index in [1.807, 2.05) is 42.6 Å². The quantitative estimate of drug-likeness (QED) is 0.446. The van der Waals surface area contributed by atoms with Crippen molar-refractivity contribution >= 4 is 37.7 Å². The fourth-order valence-electron chi connectivity index (χ4n) is 2.55. The van der Waals surface area contributed by atoms with Crippen molar-refractivity contribution in [2.24, 2.45) is 0 Å². The number of nitrogens with zero attached hydrogens (tertiary/aromatic N) is 2. The van der Waals surface area contributed by atoms with Crippen LogP contribution < -0.4 is 0 Å². The van der Waals surface area contributed by atoms with Crippen molar-refractivity contribution in [2.45, 2.75) is 0 Å². The molecule has 0 radical (unpaired) electrons. The lowest BCUT2D eigenvalue weighted by Gasteiger charge is -2.07. The Morgan fingerprint density at radius 1 is 0.810 bits per heavy atom. The van der Waals surface area contributed by atoms with Crippen LogP contribution in [0.4, 0.5) is 0 Å². The summed E-state index contributed by atoms with van der Waals surface area (Å²) in [6.07, 6.45) is 1.83. The second-order valence-corrected chi connectivity index (χ2v) is 5.75. The molecule has 100 valence electrons. The Hall–Kier alpha value is -2.26. The molecule has 21 heavy (non-hydrogen) atoms. The smallest absolute Gasteiger partial charge is 0.0973 e. The minimum absolute atomic E-state index is 0.899. The number of rotatable bonds is 1. The van der Waals surface area contributed by atoms with E-state index in [1.165, 1.54) is 0 Å². The fourth-order valence-corrected chi connectivity index (χ4v) is 3.11. The molecule has 1 heterocycles. The number of halogens is 1. The molecule has 0 spiro atoms. The standard InChI is InChI=1S/C18H11BrN2/c19-15-10-16-18(14-9-5-4-8-13(14)15)21-17(11-20-16)12-6-2-1-3-7-12/h1-11H. The van der Waals surface area contributed by atoms with Crippen molar-refractivity contribution in [3.05, 3.63) is 71.3 Å². The molecule has 3 aromatic carbocycles. The molecule has 0 saturated carbocycles. The van der Waals surface area contributed by atoms with E-state index >= 15 is 0 Å². The third kappa shape index (κ3) is 2.10. The van der Waals surface area contributed by atoms with Gasteiger partial charge in [-0.15, -0.1) is 0 Å². The van der Waals surface area contributed by atoms with Crippen LogP contribution >= 0.6 is 15.9 Å². The van der Waals surface area contributed by atoms with E-state index in [-0.39, 0.29) is 0 Å². The van der Waals surface area contributed by atoms with Gasteiger partial charge in [0.05, 0.1) is 22.9 Å². The lowest BCUT2D eigenvalue weighted by atomic mass is 10.1. The third-order valence-corrected chi connectivity index (χ3v) is 4.23. The van der Waals surface area contributed by atoms with Crippen LogP contribution in [-0.2, 0) is 0 Å². The molecule has 0 aliphatic heterocycles. The maximum absolute atomic E-state index is 4.83. The highest BCUT2D eigenvalue weighted by Crippen LogP contribution is 2.31. The predicted molar refractivity (Wildman–Crippen MR) is 90.2 cm³/mol. The van der Waals surface area contributed by atoms with Gasteiger partial charge in [-0.25, -0.2) is 4.98 Å². The van der Waals surface area contributed by atoms with Gasteiger partial charge in [-0.3, -0.25) is 4.98 Å². The van der Waals surface area contributed by atoms with Crippen LogP contribution in [0.25, 0.3) is 33.1 Å². The number of aromatic nitrogens is 2. The third-order valence-electron chi connectivity index (χ3n) is 3.57. The van der Waals surface area contributed by atoms with Gasteiger partial charge in [0.15, 0.2) is 0 Å². The van der Waals surface area contributed by atoms with Gasteiger partial charge >= 0.3 is 0 Å².